The molecule has 0 bridgehead atoms. The van der Waals surface area contributed by atoms with Gasteiger partial charge in [0.25, 0.3) is 0 Å². The van der Waals surface area contributed by atoms with E-state index in [1.165, 1.54) is 63.4 Å². The number of benzene rings is 1. The molecule has 1 unspecified atom stereocenters. The van der Waals surface area contributed by atoms with Crippen molar-refractivity contribution in [3.8, 4) is 0 Å². The van der Waals surface area contributed by atoms with E-state index in [0.717, 1.165) is 5.52 Å². The van der Waals surface area contributed by atoms with Gasteiger partial charge in [-0.2, -0.15) is 0 Å². The first-order valence-electron chi connectivity index (χ1n) is 8.93. The first-order chi connectivity index (χ1) is 10.8. The predicted molar refractivity (Wildman–Crippen MR) is 88.6 cm³/mol. The maximum atomic E-state index is 4.62. The van der Waals surface area contributed by atoms with Crippen molar-refractivity contribution in [2.75, 3.05) is 6.54 Å². The van der Waals surface area contributed by atoms with Gasteiger partial charge in [-0.1, -0.05) is 30.7 Å². The minimum atomic E-state index is 0.0667. The van der Waals surface area contributed by atoms with Gasteiger partial charge in [0, 0.05) is 12.6 Å². The van der Waals surface area contributed by atoms with Gasteiger partial charge >= 0.3 is 0 Å². The summed E-state index contributed by atoms with van der Waals surface area (Å²) in [5.41, 5.74) is 2.29. The summed E-state index contributed by atoms with van der Waals surface area (Å²) >= 11 is 0. The summed E-state index contributed by atoms with van der Waals surface area (Å²) < 4.78 is 2.27. The molecular weight excluding hydrogens is 272 g/mol. The second-order valence-electron chi connectivity index (χ2n) is 6.93. The average molecular weight is 298 g/mol. The van der Waals surface area contributed by atoms with Crippen molar-refractivity contribution in [2.24, 2.45) is 0 Å². The van der Waals surface area contributed by atoms with Crippen LogP contribution in [-0.4, -0.2) is 32.5 Å². The Bertz CT molecular complexity index is 641. The lowest BCUT2D eigenvalue weighted by Gasteiger charge is -2.48. The molecule has 4 heteroatoms. The zero-order chi connectivity index (χ0) is 15.0. The van der Waals surface area contributed by atoms with Crippen LogP contribution in [0.4, 0.5) is 0 Å². The molecule has 2 heterocycles. The van der Waals surface area contributed by atoms with Crippen LogP contribution in [0.2, 0.25) is 0 Å². The largest absolute Gasteiger partial charge is 0.276 e. The molecule has 2 aliphatic rings. The maximum absolute atomic E-state index is 4.62. The van der Waals surface area contributed by atoms with Gasteiger partial charge in [0.05, 0.1) is 5.52 Å². The number of piperidine rings is 1. The number of likely N-dealkylation sites (tertiary alicyclic amines) is 1. The van der Waals surface area contributed by atoms with Crippen LogP contribution >= 0.6 is 0 Å². The normalized spacial score (nSPS) is 25.8. The van der Waals surface area contributed by atoms with E-state index in [1.54, 1.807) is 0 Å². The van der Waals surface area contributed by atoms with E-state index >= 15 is 0 Å². The summed E-state index contributed by atoms with van der Waals surface area (Å²) in [7, 11) is 0. The van der Waals surface area contributed by atoms with Crippen LogP contribution in [0, 0.1) is 0 Å². The Balaban J connectivity index is 1.82. The number of nitrogens with zero attached hydrogens (tertiary/aromatic N) is 4. The van der Waals surface area contributed by atoms with Crippen LogP contribution in [0.5, 0.6) is 0 Å². The molecule has 118 valence electrons. The van der Waals surface area contributed by atoms with Gasteiger partial charge in [0.1, 0.15) is 11.2 Å². The third-order valence-corrected chi connectivity index (χ3v) is 5.78. The first kappa shape index (κ1) is 14.2. The van der Waals surface area contributed by atoms with Crippen LogP contribution in [-0.2, 0) is 5.66 Å². The zero-order valence-corrected chi connectivity index (χ0v) is 13.5. The van der Waals surface area contributed by atoms with E-state index < -0.39 is 0 Å². The minimum absolute atomic E-state index is 0.0667. The number of hydrogen-bond acceptors (Lipinski definition) is 3. The highest BCUT2D eigenvalue weighted by molar-refractivity contribution is 5.74. The lowest BCUT2D eigenvalue weighted by Crippen LogP contribution is -2.55. The molecule has 0 radical (unpaired) electrons. The van der Waals surface area contributed by atoms with Crippen molar-refractivity contribution in [2.45, 2.75) is 70.0 Å². The number of hydrogen-bond donors (Lipinski definition) is 0. The molecule has 0 N–H and O–H groups in total. The number of rotatable bonds is 3. The Morgan fingerprint density at radius 3 is 2.77 bits per heavy atom. The molecular formula is C18H26N4. The van der Waals surface area contributed by atoms with Gasteiger partial charge in [-0.05, 0) is 57.1 Å². The number of para-hydroxylation sites is 1. The highest BCUT2D eigenvalue weighted by atomic mass is 15.5. The van der Waals surface area contributed by atoms with E-state index in [9.17, 15) is 0 Å². The van der Waals surface area contributed by atoms with E-state index in [4.69, 9.17) is 0 Å². The van der Waals surface area contributed by atoms with Crippen molar-refractivity contribution >= 4 is 11.0 Å². The van der Waals surface area contributed by atoms with Crippen molar-refractivity contribution in [3.05, 3.63) is 24.3 Å². The van der Waals surface area contributed by atoms with Gasteiger partial charge in [-0.25, -0.2) is 4.68 Å². The van der Waals surface area contributed by atoms with Gasteiger partial charge in [0.15, 0.2) is 0 Å². The lowest BCUT2D eigenvalue weighted by molar-refractivity contribution is -0.0417. The minimum Gasteiger partial charge on any atom is -0.276 e. The van der Waals surface area contributed by atoms with Crippen molar-refractivity contribution in [3.63, 3.8) is 0 Å². The molecule has 1 saturated carbocycles. The molecule has 0 spiro atoms. The Hall–Kier alpha value is -1.42. The van der Waals surface area contributed by atoms with Gasteiger partial charge < -0.3 is 0 Å². The summed E-state index contributed by atoms with van der Waals surface area (Å²) in [5.74, 6) is 0. The topological polar surface area (TPSA) is 34.0 Å². The summed E-state index contributed by atoms with van der Waals surface area (Å²) in [5, 5.41) is 9.06. The first-order valence-corrected chi connectivity index (χ1v) is 8.93. The fourth-order valence-electron chi connectivity index (χ4n) is 4.71. The standard InChI is InChI=1S/C18H26N4/c1-2-15-9-5-8-14-21(15)18(12-6-7-13-18)22-17-11-4-3-10-16(17)19-20-22/h3-4,10-11,15H,2,5-9,12-14H2,1H3. The van der Waals surface area contributed by atoms with Crippen LogP contribution in [0.15, 0.2) is 24.3 Å². The van der Waals surface area contributed by atoms with E-state index in [1.807, 2.05) is 0 Å². The highest BCUT2D eigenvalue weighted by Gasteiger charge is 2.46. The Morgan fingerprint density at radius 1 is 1.14 bits per heavy atom. The van der Waals surface area contributed by atoms with E-state index in [-0.39, 0.29) is 5.66 Å². The second-order valence-corrected chi connectivity index (χ2v) is 6.93. The van der Waals surface area contributed by atoms with Gasteiger partial charge in [0.2, 0.25) is 0 Å². The Kier molecular flexibility index (Phi) is 3.65. The fraction of sp³-hybridized carbons (Fsp3) is 0.667. The van der Waals surface area contributed by atoms with Crippen LogP contribution in [0.1, 0.15) is 58.3 Å². The summed E-state index contributed by atoms with van der Waals surface area (Å²) in [4.78, 5) is 2.78. The quantitative estimate of drug-likeness (QED) is 0.861. The van der Waals surface area contributed by atoms with Crippen molar-refractivity contribution < 1.29 is 0 Å². The smallest absolute Gasteiger partial charge is 0.117 e. The molecule has 1 aromatic heterocycles. The lowest BCUT2D eigenvalue weighted by atomic mass is 9.93. The Morgan fingerprint density at radius 2 is 1.95 bits per heavy atom. The fourth-order valence-corrected chi connectivity index (χ4v) is 4.71. The SMILES string of the molecule is CCC1CCCCN1C1(n2nnc3ccccc32)CCCC1. The molecule has 1 saturated heterocycles. The monoisotopic (exact) mass is 298 g/mol. The highest BCUT2D eigenvalue weighted by Crippen LogP contribution is 2.44. The molecule has 1 aromatic carbocycles. The number of fused-ring (bicyclic) bond motifs is 1. The number of aromatic nitrogens is 3. The van der Waals surface area contributed by atoms with Gasteiger partial charge in [-0.15, -0.1) is 5.10 Å². The molecule has 0 amide bonds. The van der Waals surface area contributed by atoms with Crippen LogP contribution in [0.25, 0.3) is 11.0 Å². The summed E-state index contributed by atoms with van der Waals surface area (Å²) in [6.07, 6.45) is 10.3. The third-order valence-electron chi connectivity index (χ3n) is 5.78. The summed E-state index contributed by atoms with van der Waals surface area (Å²) in [6, 6.07) is 9.13. The molecule has 1 aliphatic heterocycles. The predicted octanol–water partition coefficient (Wildman–Crippen LogP) is 3.92. The molecule has 1 atom stereocenters. The summed E-state index contributed by atoms with van der Waals surface area (Å²) in [6.45, 7) is 3.55. The van der Waals surface area contributed by atoms with Crippen molar-refractivity contribution in [1.82, 2.24) is 19.9 Å². The molecule has 4 nitrogen and oxygen atoms in total. The zero-order valence-electron chi connectivity index (χ0n) is 13.5. The van der Waals surface area contributed by atoms with E-state index in [2.05, 4.69) is 51.1 Å². The van der Waals surface area contributed by atoms with Crippen molar-refractivity contribution in [1.29, 1.82) is 0 Å². The van der Waals surface area contributed by atoms with Crippen LogP contribution < -0.4 is 0 Å². The third kappa shape index (κ3) is 2.08. The molecule has 2 aromatic rings. The van der Waals surface area contributed by atoms with Gasteiger partial charge in [-0.3, -0.25) is 4.90 Å². The molecule has 2 fully saturated rings. The molecule has 4 rings (SSSR count). The maximum Gasteiger partial charge on any atom is 0.117 e. The molecule has 1 aliphatic carbocycles. The average Bonchev–Trinajstić information content (AvgIpc) is 3.22. The second kappa shape index (κ2) is 5.65. The van der Waals surface area contributed by atoms with E-state index in [0.29, 0.717) is 6.04 Å². The molecule has 22 heavy (non-hydrogen) atoms. The van der Waals surface area contributed by atoms with Crippen LogP contribution in [0.3, 0.4) is 0 Å². The Labute approximate surface area is 132 Å².